The van der Waals surface area contributed by atoms with Gasteiger partial charge in [-0.25, -0.2) is 9.18 Å². The minimum atomic E-state index is -1.27. The highest BCUT2D eigenvalue weighted by atomic mass is 19.1. The number of benzene rings is 1. The van der Waals surface area contributed by atoms with Gasteiger partial charge in [-0.05, 0) is 12.1 Å². The molecule has 0 saturated heterocycles. The maximum Gasteiger partial charge on any atom is 0.340 e. The van der Waals surface area contributed by atoms with E-state index in [1.165, 1.54) is 12.1 Å². The van der Waals surface area contributed by atoms with Crippen LogP contribution in [0.15, 0.2) is 18.2 Å². The van der Waals surface area contributed by atoms with Crippen LogP contribution in [0.5, 0.6) is 0 Å². The first-order chi connectivity index (χ1) is 5.66. The maximum atomic E-state index is 12.9. The molecule has 0 fully saturated rings. The Labute approximate surface area is 68.8 Å². The fourth-order valence-electron chi connectivity index (χ4n) is 0.950. The van der Waals surface area contributed by atoms with Gasteiger partial charge in [-0.2, -0.15) is 0 Å². The van der Waals surface area contributed by atoms with Crippen LogP contribution in [0.1, 0.15) is 10.4 Å². The predicted molar refractivity (Wildman–Crippen MR) is 42.9 cm³/mol. The van der Waals surface area contributed by atoms with Crippen molar-refractivity contribution in [3.05, 3.63) is 29.6 Å². The SMILES string of the molecule is CNc1cccc(F)c1C(=O)O. The molecule has 0 aliphatic heterocycles. The molecule has 1 aromatic rings. The second kappa shape index (κ2) is 3.21. The zero-order chi connectivity index (χ0) is 9.14. The Morgan fingerprint density at radius 3 is 2.67 bits per heavy atom. The molecule has 0 aromatic heterocycles. The van der Waals surface area contributed by atoms with Gasteiger partial charge in [0.2, 0.25) is 0 Å². The molecule has 0 aliphatic carbocycles. The first-order valence-corrected chi connectivity index (χ1v) is 3.36. The van der Waals surface area contributed by atoms with Gasteiger partial charge in [0.1, 0.15) is 11.4 Å². The average Bonchev–Trinajstić information content (AvgIpc) is 2.03. The summed E-state index contributed by atoms with van der Waals surface area (Å²) in [7, 11) is 1.54. The lowest BCUT2D eigenvalue weighted by Crippen LogP contribution is -2.05. The van der Waals surface area contributed by atoms with E-state index in [1.54, 1.807) is 7.05 Å². The second-order valence-corrected chi connectivity index (χ2v) is 2.22. The van der Waals surface area contributed by atoms with Crippen LogP contribution in [0.25, 0.3) is 0 Å². The van der Waals surface area contributed by atoms with Crippen LogP contribution < -0.4 is 5.32 Å². The van der Waals surface area contributed by atoms with E-state index in [0.29, 0.717) is 0 Å². The third-order valence-electron chi connectivity index (χ3n) is 1.50. The summed E-state index contributed by atoms with van der Waals surface area (Å²) in [6, 6.07) is 4.07. The third kappa shape index (κ3) is 1.37. The molecule has 1 aromatic carbocycles. The van der Waals surface area contributed by atoms with Gasteiger partial charge in [0.15, 0.2) is 0 Å². The smallest absolute Gasteiger partial charge is 0.340 e. The highest BCUT2D eigenvalue weighted by Crippen LogP contribution is 2.17. The van der Waals surface area contributed by atoms with E-state index in [0.717, 1.165) is 6.07 Å². The molecule has 4 heteroatoms. The van der Waals surface area contributed by atoms with Gasteiger partial charge < -0.3 is 10.4 Å². The largest absolute Gasteiger partial charge is 0.478 e. The normalized spacial score (nSPS) is 9.50. The van der Waals surface area contributed by atoms with E-state index in [4.69, 9.17) is 5.11 Å². The molecule has 0 bridgehead atoms. The van der Waals surface area contributed by atoms with Crippen LogP contribution in [-0.4, -0.2) is 18.1 Å². The molecular formula is C8H8FNO2. The summed E-state index contributed by atoms with van der Waals surface area (Å²) in [6.45, 7) is 0. The maximum absolute atomic E-state index is 12.9. The van der Waals surface area contributed by atoms with Gasteiger partial charge in [0.05, 0.1) is 5.69 Å². The van der Waals surface area contributed by atoms with Gasteiger partial charge in [-0.15, -0.1) is 0 Å². The quantitative estimate of drug-likeness (QED) is 0.706. The van der Waals surface area contributed by atoms with Gasteiger partial charge in [0, 0.05) is 7.05 Å². The summed E-state index contributed by atoms with van der Waals surface area (Å²) in [5, 5.41) is 11.2. The zero-order valence-electron chi connectivity index (χ0n) is 6.47. The summed E-state index contributed by atoms with van der Waals surface area (Å²) in [5.74, 6) is -1.99. The number of carboxylic acid groups (broad SMARTS) is 1. The first kappa shape index (κ1) is 8.52. The van der Waals surface area contributed by atoms with Crippen LogP contribution in [0, 0.1) is 5.82 Å². The van der Waals surface area contributed by atoms with E-state index in [9.17, 15) is 9.18 Å². The Morgan fingerprint density at radius 1 is 1.58 bits per heavy atom. The van der Waals surface area contributed by atoms with E-state index in [1.807, 2.05) is 0 Å². The zero-order valence-corrected chi connectivity index (χ0v) is 6.47. The highest BCUT2D eigenvalue weighted by molar-refractivity contribution is 5.94. The van der Waals surface area contributed by atoms with Gasteiger partial charge in [-0.1, -0.05) is 6.07 Å². The molecule has 0 saturated carbocycles. The summed E-state index contributed by atoms with van der Waals surface area (Å²) < 4.78 is 12.9. The minimum Gasteiger partial charge on any atom is -0.478 e. The lowest BCUT2D eigenvalue weighted by Gasteiger charge is -2.04. The number of rotatable bonds is 2. The Kier molecular flexibility index (Phi) is 2.28. The summed E-state index contributed by atoms with van der Waals surface area (Å²) in [5.41, 5.74) is -0.0394. The van der Waals surface area contributed by atoms with Crippen molar-refractivity contribution in [2.75, 3.05) is 12.4 Å². The van der Waals surface area contributed by atoms with Gasteiger partial charge in [-0.3, -0.25) is 0 Å². The van der Waals surface area contributed by atoms with E-state index in [2.05, 4.69) is 5.32 Å². The molecule has 2 N–H and O–H groups in total. The number of hydrogen-bond donors (Lipinski definition) is 2. The van der Waals surface area contributed by atoms with E-state index >= 15 is 0 Å². The fourth-order valence-corrected chi connectivity index (χ4v) is 0.950. The topological polar surface area (TPSA) is 49.3 Å². The van der Waals surface area contributed by atoms with Crippen molar-refractivity contribution < 1.29 is 14.3 Å². The standard InChI is InChI=1S/C8H8FNO2/c1-10-6-4-2-3-5(9)7(6)8(11)12/h2-4,10H,1H3,(H,11,12). The van der Waals surface area contributed by atoms with Crippen LogP contribution in [0.4, 0.5) is 10.1 Å². The van der Waals surface area contributed by atoms with Crippen molar-refractivity contribution in [1.82, 2.24) is 0 Å². The van der Waals surface area contributed by atoms with Crippen LogP contribution >= 0.6 is 0 Å². The highest BCUT2D eigenvalue weighted by Gasteiger charge is 2.13. The van der Waals surface area contributed by atoms with Crippen LogP contribution in [0.2, 0.25) is 0 Å². The monoisotopic (exact) mass is 169 g/mol. The van der Waals surface area contributed by atoms with Crippen molar-refractivity contribution in [2.45, 2.75) is 0 Å². The van der Waals surface area contributed by atoms with Crippen molar-refractivity contribution >= 4 is 11.7 Å². The molecule has 64 valence electrons. The molecular weight excluding hydrogens is 161 g/mol. The number of nitrogens with one attached hydrogen (secondary N) is 1. The minimum absolute atomic E-state index is 0.280. The third-order valence-corrected chi connectivity index (χ3v) is 1.50. The summed E-state index contributed by atoms with van der Waals surface area (Å²) in [6.07, 6.45) is 0. The molecule has 3 nitrogen and oxygen atoms in total. The molecule has 1 rings (SSSR count). The number of anilines is 1. The Balaban J connectivity index is 3.29. The Morgan fingerprint density at radius 2 is 2.25 bits per heavy atom. The first-order valence-electron chi connectivity index (χ1n) is 3.36. The molecule has 0 unspecified atom stereocenters. The Hall–Kier alpha value is -1.58. The lowest BCUT2D eigenvalue weighted by molar-refractivity contribution is 0.0693. The fraction of sp³-hybridized carbons (Fsp3) is 0.125. The number of hydrogen-bond acceptors (Lipinski definition) is 2. The van der Waals surface area contributed by atoms with E-state index in [-0.39, 0.29) is 11.3 Å². The number of carbonyl (C=O) groups is 1. The summed E-state index contributed by atoms with van der Waals surface area (Å²) in [4.78, 5) is 10.5. The number of carboxylic acids is 1. The summed E-state index contributed by atoms with van der Waals surface area (Å²) >= 11 is 0. The lowest BCUT2D eigenvalue weighted by atomic mass is 10.1. The van der Waals surface area contributed by atoms with Crippen LogP contribution in [0.3, 0.4) is 0 Å². The van der Waals surface area contributed by atoms with Crippen molar-refractivity contribution in [3.63, 3.8) is 0 Å². The molecule has 0 heterocycles. The van der Waals surface area contributed by atoms with Gasteiger partial charge in [0.25, 0.3) is 0 Å². The van der Waals surface area contributed by atoms with Crippen molar-refractivity contribution in [2.24, 2.45) is 0 Å². The molecule has 0 atom stereocenters. The molecule has 0 amide bonds. The number of halogens is 1. The Bertz CT molecular complexity index is 312. The predicted octanol–water partition coefficient (Wildman–Crippen LogP) is 1.57. The second-order valence-electron chi connectivity index (χ2n) is 2.22. The van der Waals surface area contributed by atoms with Gasteiger partial charge >= 0.3 is 5.97 Å². The van der Waals surface area contributed by atoms with Crippen molar-refractivity contribution in [3.8, 4) is 0 Å². The number of aromatic carboxylic acids is 1. The van der Waals surface area contributed by atoms with Crippen molar-refractivity contribution in [1.29, 1.82) is 0 Å². The van der Waals surface area contributed by atoms with Crippen LogP contribution in [-0.2, 0) is 0 Å². The molecule has 0 spiro atoms. The van der Waals surface area contributed by atoms with E-state index < -0.39 is 11.8 Å². The molecule has 12 heavy (non-hydrogen) atoms. The average molecular weight is 169 g/mol. The molecule has 0 aliphatic rings. The molecule has 0 radical (unpaired) electrons.